The first-order chi connectivity index (χ1) is 8.29. The second-order valence-electron chi connectivity index (χ2n) is 4.06. The lowest BCUT2D eigenvalue weighted by Gasteiger charge is -2.01. The molecule has 98 valence electrons. The standard InChI is InChI=1S/C10H13N3O3S2/c1-5-4-7(8(11)17-5)10-12-9(13-16-10)6(2)18(3,14)15/h4,6H,11H2,1-3H3. The highest BCUT2D eigenvalue weighted by molar-refractivity contribution is 7.90. The summed E-state index contributed by atoms with van der Waals surface area (Å²) in [6.45, 7) is 3.44. The summed E-state index contributed by atoms with van der Waals surface area (Å²) in [6.07, 6.45) is 1.14. The van der Waals surface area contributed by atoms with Gasteiger partial charge in [0.2, 0.25) is 0 Å². The van der Waals surface area contributed by atoms with Crippen LogP contribution in [0.3, 0.4) is 0 Å². The van der Waals surface area contributed by atoms with Crippen molar-refractivity contribution in [1.29, 1.82) is 0 Å². The van der Waals surface area contributed by atoms with Crippen LogP contribution >= 0.6 is 11.3 Å². The van der Waals surface area contributed by atoms with E-state index in [0.717, 1.165) is 11.1 Å². The lowest BCUT2D eigenvalue weighted by atomic mass is 10.3. The number of nitrogen functional groups attached to an aromatic ring is 1. The van der Waals surface area contributed by atoms with E-state index in [-0.39, 0.29) is 11.7 Å². The predicted molar refractivity (Wildman–Crippen MR) is 70.0 cm³/mol. The number of anilines is 1. The van der Waals surface area contributed by atoms with E-state index in [0.29, 0.717) is 10.6 Å². The van der Waals surface area contributed by atoms with E-state index in [1.54, 1.807) is 0 Å². The molecule has 0 fully saturated rings. The zero-order valence-corrected chi connectivity index (χ0v) is 11.8. The van der Waals surface area contributed by atoms with Gasteiger partial charge in [0.25, 0.3) is 5.89 Å². The van der Waals surface area contributed by atoms with Gasteiger partial charge in [0.1, 0.15) is 5.25 Å². The number of hydrogen-bond donors (Lipinski definition) is 1. The summed E-state index contributed by atoms with van der Waals surface area (Å²) in [5.74, 6) is 0.401. The van der Waals surface area contributed by atoms with Gasteiger partial charge in [-0.2, -0.15) is 4.98 Å². The van der Waals surface area contributed by atoms with E-state index >= 15 is 0 Å². The zero-order chi connectivity index (χ0) is 13.5. The Bertz CT molecular complexity index is 672. The third kappa shape index (κ3) is 2.39. The summed E-state index contributed by atoms with van der Waals surface area (Å²) < 4.78 is 27.9. The molecule has 2 aromatic heterocycles. The number of rotatable bonds is 3. The molecule has 2 heterocycles. The number of aryl methyl sites for hydroxylation is 1. The molecule has 18 heavy (non-hydrogen) atoms. The normalized spacial score (nSPS) is 13.7. The van der Waals surface area contributed by atoms with Crippen LogP contribution in [0.5, 0.6) is 0 Å². The molecule has 1 unspecified atom stereocenters. The number of thiophene rings is 1. The summed E-state index contributed by atoms with van der Waals surface area (Å²) in [5.41, 5.74) is 6.47. The van der Waals surface area contributed by atoms with Crippen LogP contribution < -0.4 is 5.73 Å². The minimum Gasteiger partial charge on any atom is -0.390 e. The molecular weight excluding hydrogens is 274 g/mol. The maximum atomic E-state index is 11.4. The third-order valence-corrected chi connectivity index (χ3v) is 4.94. The maximum absolute atomic E-state index is 11.4. The first kappa shape index (κ1) is 13.0. The Balaban J connectivity index is 2.40. The number of nitrogens with zero attached hydrogens (tertiary/aromatic N) is 2. The van der Waals surface area contributed by atoms with Crippen molar-refractivity contribution in [3.8, 4) is 11.5 Å². The summed E-state index contributed by atoms with van der Waals surface area (Å²) in [6, 6.07) is 1.84. The van der Waals surface area contributed by atoms with Crippen molar-refractivity contribution in [2.45, 2.75) is 19.1 Å². The largest absolute Gasteiger partial charge is 0.390 e. The Labute approximate surface area is 109 Å². The van der Waals surface area contributed by atoms with Crippen LogP contribution in [0.4, 0.5) is 5.00 Å². The Hall–Kier alpha value is -1.41. The quantitative estimate of drug-likeness (QED) is 0.924. The average Bonchev–Trinajstić information content (AvgIpc) is 2.82. The molecular formula is C10H13N3O3S2. The van der Waals surface area contributed by atoms with Gasteiger partial charge < -0.3 is 10.3 Å². The Morgan fingerprint density at radius 2 is 2.17 bits per heavy atom. The monoisotopic (exact) mass is 287 g/mol. The van der Waals surface area contributed by atoms with Crippen molar-refractivity contribution in [2.75, 3.05) is 12.0 Å². The van der Waals surface area contributed by atoms with Crippen LogP contribution in [0.15, 0.2) is 10.6 Å². The highest BCUT2D eigenvalue weighted by Crippen LogP contribution is 2.33. The summed E-state index contributed by atoms with van der Waals surface area (Å²) in [5, 5.41) is 3.48. The zero-order valence-electron chi connectivity index (χ0n) is 10.2. The van der Waals surface area contributed by atoms with Crippen molar-refractivity contribution >= 4 is 26.2 Å². The first-order valence-corrected chi connectivity index (χ1v) is 7.95. The van der Waals surface area contributed by atoms with Crippen LogP contribution in [-0.2, 0) is 9.84 Å². The Kier molecular flexibility index (Phi) is 3.16. The van der Waals surface area contributed by atoms with Crippen LogP contribution in [-0.4, -0.2) is 24.8 Å². The molecule has 2 N–H and O–H groups in total. The van der Waals surface area contributed by atoms with Crippen molar-refractivity contribution in [3.05, 3.63) is 16.8 Å². The van der Waals surface area contributed by atoms with Gasteiger partial charge in [-0.1, -0.05) is 5.16 Å². The highest BCUT2D eigenvalue weighted by atomic mass is 32.2. The smallest absolute Gasteiger partial charge is 0.260 e. The molecule has 0 aliphatic heterocycles. The summed E-state index contributed by atoms with van der Waals surface area (Å²) in [7, 11) is -3.24. The minimum atomic E-state index is -3.24. The predicted octanol–water partition coefficient (Wildman–Crippen LogP) is 1.79. The molecule has 2 aromatic rings. The molecule has 6 nitrogen and oxygen atoms in total. The SMILES string of the molecule is Cc1cc(-c2nc(C(C)S(C)(=O)=O)no2)c(N)s1. The Morgan fingerprint density at radius 1 is 1.50 bits per heavy atom. The topological polar surface area (TPSA) is 99.1 Å². The van der Waals surface area contributed by atoms with Gasteiger partial charge in [-0.05, 0) is 19.9 Å². The molecule has 0 saturated carbocycles. The van der Waals surface area contributed by atoms with Crippen molar-refractivity contribution in [3.63, 3.8) is 0 Å². The van der Waals surface area contributed by atoms with Crippen molar-refractivity contribution < 1.29 is 12.9 Å². The molecule has 0 aliphatic carbocycles. The fourth-order valence-corrected chi connectivity index (χ4v) is 2.66. The highest BCUT2D eigenvalue weighted by Gasteiger charge is 2.24. The average molecular weight is 287 g/mol. The van der Waals surface area contributed by atoms with Crippen LogP contribution in [0.2, 0.25) is 0 Å². The second kappa shape index (κ2) is 4.36. The molecule has 0 bridgehead atoms. The number of nitrogens with two attached hydrogens (primary N) is 1. The third-order valence-electron chi connectivity index (χ3n) is 2.56. The van der Waals surface area contributed by atoms with Crippen LogP contribution in [0, 0.1) is 6.92 Å². The molecule has 0 spiro atoms. The summed E-state index contributed by atoms with van der Waals surface area (Å²) >= 11 is 1.42. The van der Waals surface area contributed by atoms with Crippen molar-refractivity contribution in [2.24, 2.45) is 0 Å². The van der Waals surface area contributed by atoms with Crippen LogP contribution in [0.25, 0.3) is 11.5 Å². The van der Waals surface area contributed by atoms with Gasteiger partial charge in [-0.25, -0.2) is 8.42 Å². The van der Waals surface area contributed by atoms with Gasteiger partial charge in [-0.3, -0.25) is 0 Å². The van der Waals surface area contributed by atoms with E-state index in [9.17, 15) is 8.42 Å². The lowest BCUT2D eigenvalue weighted by molar-refractivity contribution is 0.422. The fraction of sp³-hybridized carbons (Fsp3) is 0.400. The fourth-order valence-electron chi connectivity index (χ4n) is 1.40. The van der Waals surface area contributed by atoms with Gasteiger partial charge in [0, 0.05) is 11.1 Å². The lowest BCUT2D eigenvalue weighted by Crippen LogP contribution is -2.09. The Morgan fingerprint density at radius 3 is 2.67 bits per heavy atom. The number of aromatic nitrogens is 2. The molecule has 0 radical (unpaired) electrons. The van der Waals surface area contributed by atoms with E-state index in [2.05, 4.69) is 10.1 Å². The molecule has 1 atom stereocenters. The molecule has 0 saturated heterocycles. The second-order valence-corrected chi connectivity index (χ2v) is 7.72. The van der Waals surface area contributed by atoms with E-state index in [1.165, 1.54) is 18.3 Å². The molecule has 0 aliphatic rings. The summed E-state index contributed by atoms with van der Waals surface area (Å²) in [4.78, 5) is 5.12. The van der Waals surface area contributed by atoms with E-state index < -0.39 is 15.1 Å². The maximum Gasteiger partial charge on any atom is 0.260 e. The molecule has 0 aromatic carbocycles. The minimum absolute atomic E-state index is 0.149. The van der Waals surface area contributed by atoms with Crippen molar-refractivity contribution in [1.82, 2.24) is 10.1 Å². The first-order valence-electron chi connectivity index (χ1n) is 5.18. The van der Waals surface area contributed by atoms with Gasteiger partial charge >= 0.3 is 0 Å². The van der Waals surface area contributed by atoms with E-state index in [4.69, 9.17) is 10.3 Å². The molecule has 8 heteroatoms. The van der Waals surface area contributed by atoms with Crippen LogP contribution in [0.1, 0.15) is 22.9 Å². The van der Waals surface area contributed by atoms with E-state index in [1.807, 2.05) is 13.0 Å². The number of sulfone groups is 1. The molecule has 0 amide bonds. The van der Waals surface area contributed by atoms with Gasteiger partial charge in [-0.15, -0.1) is 11.3 Å². The molecule has 2 rings (SSSR count). The number of hydrogen-bond acceptors (Lipinski definition) is 7. The van der Waals surface area contributed by atoms with Gasteiger partial charge in [0.05, 0.1) is 10.6 Å². The van der Waals surface area contributed by atoms with Gasteiger partial charge in [0.15, 0.2) is 15.7 Å².